The van der Waals surface area contributed by atoms with Crippen molar-refractivity contribution in [1.82, 2.24) is 15.1 Å². The number of likely N-dealkylation sites (tertiary alicyclic amines) is 1. The second-order valence-electron chi connectivity index (χ2n) is 7.64. The summed E-state index contributed by atoms with van der Waals surface area (Å²) >= 11 is 1.79. The Bertz CT molecular complexity index is 792. The van der Waals surface area contributed by atoms with Crippen LogP contribution in [0.3, 0.4) is 0 Å². The van der Waals surface area contributed by atoms with Crippen LogP contribution >= 0.6 is 11.3 Å². The van der Waals surface area contributed by atoms with Crippen LogP contribution in [0, 0.1) is 0 Å². The standard InChI is InChI=1S/C19H23N3OS/c23-18(15-11-24-16-5-2-1-4-14(15)16)22-9-3-7-19(12-22)8-6-13-10-20-21-17(13)19/h10-11H,1-9,12H2,(H,20,21). The fraction of sp³-hybridized carbons (Fsp3) is 0.579. The first-order valence-corrected chi connectivity index (χ1v) is 10.1. The number of carbonyl (C=O) groups excluding carboxylic acids is 1. The van der Waals surface area contributed by atoms with E-state index in [1.807, 2.05) is 6.20 Å². The summed E-state index contributed by atoms with van der Waals surface area (Å²) in [5.74, 6) is 0.265. The number of hydrogen-bond donors (Lipinski definition) is 1. The predicted molar refractivity (Wildman–Crippen MR) is 94.7 cm³/mol. The SMILES string of the molecule is O=C(c1csc2c1CCCC2)N1CCCC2(CCc3cn[nH]c32)C1. The lowest BCUT2D eigenvalue weighted by Gasteiger charge is -2.40. The molecule has 1 atom stereocenters. The number of hydrogen-bond acceptors (Lipinski definition) is 3. The van der Waals surface area contributed by atoms with Crippen molar-refractivity contribution in [1.29, 1.82) is 0 Å². The fourth-order valence-corrected chi connectivity index (χ4v) is 6.14. The quantitative estimate of drug-likeness (QED) is 0.863. The van der Waals surface area contributed by atoms with Gasteiger partial charge < -0.3 is 4.90 Å². The first-order chi connectivity index (χ1) is 11.8. The Labute approximate surface area is 146 Å². The van der Waals surface area contributed by atoms with Crippen molar-refractivity contribution >= 4 is 17.2 Å². The maximum Gasteiger partial charge on any atom is 0.255 e. The minimum absolute atomic E-state index is 0.121. The smallest absolute Gasteiger partial charge is 0.255 e. The molecule has 2 aromatic rings. The number of aryl methyl sites for hydroxylation is 2. The first kappa shape index (κ1) is 14.7. The molecular weight excluding hydrogens is 318 g/mol. The number of rotatable bonds is 1. The van der Waals surface area contributed by atoms with Gasteiger partial charge >= 0.3 is 0 Å². The molecule has 2 aromatic heterocycles. The van der Waals surface area contributed by atoms with E-state index >= 15 is 0 Å². The molecule has 0 saturated carbocycles. The van der Waals surface area contributed by atoms with Gasteiger partial charge in [0.1, 0.15) is 0 Å². The van der Waals surface area contributed by atoms with Gasteiger partial charge in [0.15, 0.2) is 0 Å². The normalized spacial score (nSPS) is 25.8. The van der Waals surface area contributed by atoms with E-state index in [4.69, 9.17) is 0 Å². The van der Waals surface area contributed by atoms with Crippen LogP contribution in [0.15, 0.2) is 11.6 Å². The Morgan fingerprint density at radius 3 is 3.08 bits per heavy atom. The summed E-state index contributed by atoms with van der Waals surface area (Å²) in [6, 6.07) is 0. The van der Waals surface area contributed by atoms with Crippen molar-refractivity contribution in [3.05, 3.63) is 38.8 Å². The molecule has 1 aliphatic heterocycles. The summed E-state index contributed by atoms with van der Waals surface area (Å²) in [6.45, 7) is 1.75. The Balaban J connectivity index is 1.43. The van der Waals surface area contributed by atoms with E-state index in [9.17, 15) is 4.79 Å². The molecule has 0 radical (unpaired) electrons. The number of H-pyrrole nitrogens is 1. The van der Waals surface area contributed by atoms with Crippen LogP contribution in [0.4, 0.5) is 0 Å². The van der Waals surface area contributed by atoms with Gasteiger partial charge in [-0.3, -0.25) is 9.89 Å². The van der Waals surface area contributed by atoms with Crippen molar-refractivity contribution in [2.24, 2.45) is 0 Å². The van der Waals surface area contributed by atoms with Gasteiger partial charge in [-0.2, -0.15) is 5.10 Å². The molecule has 1 fully saturated rings. The number of amides is 1. The highest BCUT2D eigenvalue weighted by molar-refractivity contribution is 7.10. The van der Waals surface area contributed by atoms with E-state index in [1.165, 1.54) is 41.0 Å². The number of nitrogens with zero attached hydrogens (tertiary/aromatic N) is 2. The fourth-order valence-electron chi connectivity index (χ4n) is 5.02. The summed E-state index contributed by atoms with van der Waals surface area (Å²) in [4.78, 5) is 16.8. The highest BCUT2D eigenvalue weighted by Crippen LogP contribution is 2.44. The molecular formula is C19H23N3OS. The summed E-state index contributed by atoms with van der Waals surface area (Å²) in [7, 11) is 0. The topological polar surface area (TPSA) is 49.0 Å². The van der Waals surface area contributed by atoms with Crippen molar-refractivity contribution in [3.63, 3.8) is 0 Å². The molecule has 5 rings (SSSR count). The number of nitrogens with one attached hydrogen (secondary N) is 1. The molecule has 24 heavy (non-hydrogen) atoms. The molecule has 3 aliphatic rings. The van der Waals surface area contributed by atoms with E-state index in [0.717, 1.165) is 50.8 Å². The van der Waals surface area contributed by atoms with E-state index < -0.39 is 0 Å². The molecule has 5 heteroatoms. The van der Waals surface area contributed by atoms with Crippen LogP contribution in [0.25, 0.3) is 0 Å². The molecule has 1 spiro atoms. The molecule has 1 unspecified atom stereocenters. The molecule has 126 valence electrons. The minimum atomic E-state index is 0.121. The lowest BCUT2D eigenvalue weighted by atomic mass is 9.77. The highest BCUT2D eigenvalue weighted by atomic mass is 32.1. The van der Waals surface area contributed by atoms with Gasteiger partial charge in [0.2, 0.25) is 0 Å². The molecule has 2 aliphatic carbocycles. The average molecular weight is 341 g/mol. The Morgan fingerprint density at radius 1 is 1.21 bits per heavy atom. The zero-order valence-electron chi connectivity index (χ0n) is 13.9. The van der Waals surface area contributed by atoms with Crippen molar-refractivity contribution in [3.8, 4) is 0 Å². The Hall–Kier alpha value is -1.62. The molecule has 1 N–H and O–H groups in total. The van der Waals surface area contributed by atoms with Gasteiger partial charge in [-0.05, 0) is 62.5 Å². The van der Waals surface area contributed by atoms with Crippen molar-refractivity contribution < 1.29 is 4.79 Å². The van der Waals surface area contributed by atoms with Gasteiger partial charge in [-0.25, -0.2) is 0 Å². The highest BCUT2D eigenvalue weighted by Gasteiger charge is 2.44. The summed E-state index contributed by atoms with van der Waals surface area (Å²) < 4.78 is 0. The first-order valence-electron chi connectivity index (χ1n) is 9.18. The van der Waals surface area contributed by atoms with Crippen molar-refractivity contribution in [2.45, 2.75) is 56.8 Å². The second kappa shape index (κ2) is 5.45. The third kappa shape index (κ3) is 2.10. The number of aromatic nitrogens is 2. The average Bonchev–Trinajstić information content (AvgIpc) is 3.32. The summed E-state index contributed by atoms with van der Waals surface area (Å²) in [6.07, 6.45) is 11.2. The number of aromatic amines is 1. The zero-order chi connectivity index (χ0) is 16.1. The third-order valence-electron chi connectivity index (χ3n) is 6.28. The number of carbonyl (C=O) groups is 1. The molecule has 4 nitrogen and oxygen atoms in total. The zero-order valence-corrected chi connectivity index (χ0v) is 14.8. The largest absolute Gasteiger partial charge is 0.338 e. The van der Waals surface area contributed by atoms with E-state index in [1.54, 1.807) is 11.3 Å². The van der Waals surface area contributed by atoms with Gasteiger partial charge in [0.25, 0.3) is 5.91 Å². The molecule has 3 heterocycles. The third-order valence-corrected chi connectivity index (χ3v) is 7.37. The van der Waals surface area contributed by atoms with Gasteiger partial charge in [0.05, 0.1) is 11.8 Å². The molecule has 1 saturated heterocycles. The van der Waals surface area contributed by atoms with E-state index in [-0.39, 0.29) is 11.3 Å². The minimum Gasteiger partial charge on any atom is -0.338 e. The van der Waals surface area contributed by atoms with Gasteiger partial charge in [-0.1, -0.05) is 0 Å². The molecule has 0 bridgehead atoms. The van der Waals surface area contributed by atoms with Crippen LogP contribution in [0.2, 0.25) is 0 Å². The van der Waals surface area contributed by atoms with Crippen LogP contribution < -0.4 is 0 Å². The molecule has 0 aromatic carbocycles. The number of piperidine rings is 1. The maximum absolute atomic E-state index is 13.2. The van der Waals surface area contributed by atoms with Crippen LogP contribution in [-0.2, 0) is 24.7 Å². The van der Waals surface area contributed by atoms with E-state index in [0.29, 0.717) is 0 Å². The van der Waals surface area contributed by atoms with Gasteiger partial charge in [-0.15, -0.1) is 11.3 Å². The lowest BCUT2D eigenvalue weighted by molar-refractivity contribution is 0.0632. The molecule has 1 amide bonds. The number of thiophene rings is 1. The maximum atomic E-state index is 13.2. The lowest BCUT2D eigenvalue weighted by Crippen LogP contribution is -2.48. The summed E-state index contributed by atoms with van der Waals surface area (Å²) in [5, 5.41) is 9.60. The van der Waals surface area contributed by atoms with Crippen LogP contribution in [0.1, 0.15) is 64.2 Å². The Morgan fingerprint density at radius 2 is 2.12 bits per heavy atom. The van der Waals surface area contributed by atoms with Gasteiger partial charge in [0, 0.05) is 34.5 Å². The monoisotopic (exact) mass is 341 g/mol. The van der Waals surface area contributed by atoms with Crippen LogP contribution in [-0.4, -0.2) is 34.1 Å². The van der Waals surface area contributed by atoms with Crippen molar-refractivity contribution in [2.75, 3.05) is 13.1 Å². The van der Waals surface area contributed by atoms with E-state index in [2.05, 4.69) is 20.5 Å². The number of fused-ring (bicyclic) bond motifs is 3. The Kier molecular flexibility index (Phi) is 3.34. The second-order valence-corrected chi connectivity index (χ2v) is 8.60. The van der Waals surface area contributed by atoms with Crippen LogP contribution in [0.5, 0.6) is 0 Å². The summed E-state index contributed by atoms with van der Waals surface area (Å²) in [5.41, 5.74) is 5.12. The predicted octanol–water partition coefficient (Wildman–Crippen LogP) is 3.47.